The summed E-state index contributed by atoms with van der Waals surface area (Å²) in [5.41, 5.74) is 2.42. The van der Waals surface area contributed by atoms with E-state index in [1.807, 2.05) is 30.9 Å². The van der Waals surface area contributed by atoms with E-state index in [9.17, 15) is 9.59 Å². The number of nitrogens with zero attached hydrogens (tertiary/aromatic N) is 1. The highest BCUT2D eigenvalue weighted by molar-refractivity contribution is 6.33. The maximum Gasteiger partial charge on any atom is 0.317 e. The van der Waals surface area contributed by atoms with Crippen molar-refractivity contribution in [3.63, 3.8) is 0 Å². The van der Waals surface area contributed by atoms with Gasteiger partial charge in [0.05, 0.1) is 36.9 Å². The van der Waals surface area contributed by atoms with Gasteiger partial charge in [0, 0.05) is 13.1 Å². The van der Waals surface area contributed by atoms with Crippen LogP contribution in [-0.2, 0) is 6.42 Å². The summed E-state index contributed by atoms with van der Waals surface area (Å²) in [6.07, 6.45) is 2.14. The van der Waals surface area contributed by atoms with Crippen LogP contribution >= 0.6 is 11.6 Å². The highest BCUT2D eigenvalue weighted by Gasteiger charge is 2.37. The highest BCUT2D eigenvalue weighted by atomic mass is 35.5. The first-order valence-electron chi connectivity index (χ1n) is 11.3. The Hall–Kier alpha value is -2.93. The number of carbonyl (C=O) groups excluding carboxylic acids is 2. The number of nitrogens with one attached hydrogen (secondary N) is 2. The Balaban J connectivity index is 2.02. The van der Waals surface area contributed by atoms with Crippen molar-refractivity contribution in [2.45, 2.75) is 45.2 Å². The van der Waals surface area contributed by atoms with Crippen molar-refractivity contribution >= 4 is 23.5 Å². The SMILES string of the molecule is CCCNC(=O)N1CCc2cc(OC)c(OC)cc2C1C(CC)NC(=O)c1ccccc1Cl. The van der Waals surface area contributed by atoms with Crippen LogP contribution in [0.25, 0.3) is 0 Å². The number of fused-ring (bicyclic) bond motifs is 1. The smallest absolute Gasteiger partial charge is 0.317 e. The van der Waals surface area contributed by atoms with Gasteiger partial charge < -0.3 is 25.0 Å². The fraction of sp³-hybridized carbons (Fsp3) is 0.440. The second-order valence-electron chi connectivity index (χ2n) is 7.99. The Morgan fingerprint density at radius 2 is 1.85 bits per heavy atom. The number of hydrogen-bond donors (Lipinski definition) is 2. The second-order valence-corrected chi connectivity index (χ2v) is 8.40. The molecule has 2 aromatic rings. The van der Waals surface area contributed by atoms with E-state index in [0.29, 0.717) is 48.0 Å². The second kappa shape index (κ2) is 11.3. The lowest BCUT2D eigenvalue weighted by atomic mass is 9.86. The maximum absolute atomic E-state index is 13.1. The molecule has 0 aliphatic carbocycles. The van der Waals surface area contributed by atoms with Crippen molar-refractivity contribution in [2.75, 3.05) is 27.3 Å². The minimum atomic E-state index is -0.373. The van der Waals surface area contributed by atoms with Crippen LogP contribution in [0.15, 0.2) is 36.4 Å². The predicted octanol–water partition coefficient (Wildman–Crippen LogP) is 4.58. The molecule has 0 aromatic heterocycles. The number of benzene rings is 2. The highest BCUT2D eigenvalue weighted by Crippen LogP contribution is 2.40. The van der Waals surface area contributed by atoms with E-state index >= 15 is 0 Å². The zero-order chi connectivity index (χ0) is 24.0. The van der Waals surface area contributed by atoms with Gasteiger partial charge in [-0.25, -0.2) is 4.79 Å². The van der Waals surface area contributed by atoms with E-state index in [0.717, 1.165) is 17.5 Å². The average Bonchev–Trinajstić information content (AvgIpc) is 2.84. The molecule has 0 saturated heterocycles. The lowest BCUT2D eigenvalue weighted by Crippen LogP contribution is -2.53. The van der Waals surface area contributed by atoms with Gasteiger partial charge in [0.15, 0.2) is 11.5 Å². The molecule has 1 aliphatic rings. The third-order valence-corrected chi connectivity index (χ3v) is 6.29. The first kappa shape index (κ1) is 24.7. The van der Waals surface area contributed by atoms with E-state index in [1.165, 1.54) is 0 Å². The topological polar surface area (TPSA) is 79.9 Å². The molecule has 2 unspecified atom stereocenters. The zero-order valence-corrected chi connectivity index (χ0v) is 20.4. The number of urea groups is 1. The number of amides is 3. The van der Waals surface area contributed by atoms with Crippen LogP contribution in [-0.4, -0.2) is 50.2 Å². The van der Waals surface area contributed by atoms with Crippen molar-refractivity contribution in [2.24, 2.45) is 0 Å². The minimum Gasteiger partial charge on any atom is -0.493 e. The lowest BCUT2D eigenvalue weighted by molar-refractivity contribution is 0.0888. The van der Waals surface area contributed by atoms with E-state index in [4.69, 9.17) is 21.1 Å². The summed E-state index contributed by atoms with van der Waals surface area (Å²) >= 11 is 6.26. The largest absolute Gasteiger partial charge is 0.493 e. The number of ether oxygens (including phenoxy) is 2. The molecule has 0 saturated carbocycles. The zero-order valence-electron chi connectivity index (χ0n) is 19.6. The lowest BCUT2D eigenvalue weighted by Gasteiger charge is -2.42. The molecule has 2 aromatic carbocycles. The van der Waals surface area contributed by atoms with Crippen LogP contribution in [0.4, 0.5) is 4.79 Å². The molecule has 0 spiro atoms. The van der Waals surface area contributed by atoms with Gasteiger partial charge in [0.1, 0.15) is 0 Å². The van der Waals surface area contributed by atoms with Gasteiger partial charge in [0.25, 0.3) is 5.91 Å². The molecule has 0 bridgehead atoms. The number of rotatable bonds is 8. The minimum absolute atomic E-state index is 0.146. The summed E-state index contributed by atoms with van der Waals surface area (Å²) in [6.45, 7) is 5.12. The molecule has 0 fully saturated rings. The quantitative estimate of drug-likeness (QED) is 0.588. The fourth-order valence-electron chi connectivity index (χ4n) is 4.27. The Morgan fingerprint density at radius 1 is 1.15 bits per heavy atom. The van der Waals surface area contributed by atoms with Crippen LogP contribution in [0.2, 0.25) is 5.02 Å². The molecule has 8 heteroatoms. The van der Waals surface area contributed by atoms with E-state index in [2.05, 4.69) is 10.6 Å². The van der Waals surface area contributed by atoms with E-state index < -0.39 is 0 Å². The number of hydrogen-bond acceptors (Lipinski definition) is 4. The average molecular weight is 474 g/mol. The molecule has 1 heterocycles. The van der Waals surface area contributed by atoms with Crippen LogP contribution in [0.5, 0.6) is 11.5 Å². The molecule has 3 rings (SSSR count). The third kappa shape index (κ3) is 5.36. The molecule has 178 valence electrons. The summed E-state index contributed by atoms with van der Waals surface area (Å²) in [7, 11) is 3.19. The van der Waals surface area contributed by atoms with Gasteiger partial charge in [-0.15, -0.1) is 0 Å². The normalized spacial score (nSPS) is 15.9. The van der Waals surface area contributed by atoms with Gasteiger partial charge in [-0.2, -0.15) is 0 Å². The fourth-order valence-corrected chi connectivity index (χ4v) is 4.49. The molecular weight excluding hydrogens is 442 g/mol. The van der Waals surface area contributed by atoms with Crippen LogP contribution in [0, 0.1) is 0 Å². The van der Waals surface area contributed by atoms with Crippen molar-refractivity contribution in [1.82, 2.24) is 15.5 Å². The van der Waals surface area contributed by atoms with Crippen molar-refractivity contribution in [1.29, 1.82) is 0 Å². The van der Waals surface area contributed by atoms with Crippen LogP contribution in [0.1, 0.15) is 54.2 Å². The van der Waals surface area contributed by atoms with Gasteiger partial charge in [0.2, 0.25) is 0 Å². The van der Waals surface area contributed by atoms with Crippen molar-refractivity contribution in [3.8, 4) is 11.5 Å². The van der Waals surface area contributed by atoms with Gasteiger partial charge in [-0.05, 0) is 54.7 Å². The van der Waals surface area contributed by atoms with Crippen molar-refractivity contribution < 1.29 is 19.1 Å². The first-order chi connectivity index (χ1) is 15.9. The molecule has 0 radical (unpaired) electrons. The molecule has 3 amide bonds. The predicted molar refractivity (Wildman–Crippen MR) is 129 cm³/mol. The maximum atomic E-state index is 13.1. The van der Waals surface area contributed by atoms with Gasteiger partial charge in [-0.3, -0.25) is 4.79 Å². The monoisotopic (exact) mass is 473 g/mol. The standard InChI is InChI=1S/C25H32ClN3O4/c1-5-12-27-25(31)29-13-11-16-14-21(32-3)22(33-4)15-18(16)23(29)20(6-2)28-24(30)17-9-7-8-10-19(17)26/h7-10,14-15,20,23H,5-6,11-13H2,1-4H3,(H,27,31)(H,28,30). The summed E-state index contributed by atoms with van der Waals surface area (Å²) in [6, 6.07) is 9.97. The van der Waals surface area contributed by atoms with Gasteiger partial charge >= 0.3 is 6.03 Å². The summed E-state index contributed by atoms with van der Waals surface area (Å²) in [5.74, 6) is 0.963. The summed E-state index contributed by atoms with van der Waals surface area (Å²) in [5, 5.41) is 6.50. The number of halogens is 1. The molecule has 7 nitrogen and oxygen atoms in total. The summed E-state index contributed by atoms with van der Waals surface area (Å²) < 4.78 is 11.0. The van der Waals surface area contributed by atoms with Gasteiger partial charge in [-0.1, -0.05) is 37.6 Å². The molecule has 2 N–H and O–H groups in total. The number of methoxy groups -OCH3 is 2. The Kier molecular flexibility index (Phi) is 8.44. The van der Waals surface area contributed by atoms with Crippen LogP contribution < -0.4 is 20.1 Å². The molecule has 2 atom stereocenters. The third-order valence-electron chi connectivity index (χ3n) is 5.96. The molecule has 1 aliphatic heterocycles. The molecular formula is C25H32ClN3O4. The Labute approximate surface area is 200 Å². The Morgan fingerprint density at radius 3 is 2.48 bits per heavy atom. The summed E-state index contributed by atoms with van der Waals surface area (Å²) in [4.78, 5) is 28.0. The van der Waals surface area contributed by atoms with E-state index in [1.54, 1.807) is 38.5 Å². The Bertz CT molecular complexity index is 998. The number of carbonyl (C=O) groups is 2. The van der Waals surface area contributed by atoms with Crippen molar-refractivity contribution in [3.05, 3.63) is 58.1 Å². The van der Waals surface area contributed by atoms with E-state index in [-0.39, 0.29) is 24.0 Å². The first-order valence-corrected chi connectivity index (χ1v) is 11.7. The molecule has 33 heavy (non-hydrogen) atoms. The van der Waals surface area contributed by atoms with Crippen LogP contribution in [0.3, 0.4) is 0 Å².